The molecule has 2 fully saturated rings. The number of urea groups is 1. The number of hydrogen-bond acceptors (Lipinski definition) is 2. The third kappa shape index (κ3) is 4.73. The Morgan fingerprint density at radius 2 is 1.79 bits per heavy atom. The zero-order valence-corrected chi connectivity index (χ0v) is 11.8. The molecule has 2 aliphatic carbocycles. The van der Waals surface area contributed by atoms with Crippen LogP contribution in [0, 0.1) is 0 Å². The van der Waals surface area contributed by atoms with Crippen molar-refractivity contribution in [2.45, 2.75) is 64.0 Å². The Labute approximate surface area is 115 Å². The van der Waals surface area contributed by atoms with Crippen LogP contribution in [0.25, 0.3) is 0 Å². The SMILES string of the molecule is CC(=O)N(CCNC(=O)NC1CC1)C1CCCCC1. The van der Waals surface area contributed by atoms with Gasteiger partial charge in [-0.3, -0.25) is 4.79 Å². The van der Waals surface area contributed by atoms with Crippen molar-refractivity contribution in [2.24, 2.45) is 0 Å². The highest BCUT2D eigenvalue weighted by Crippen LogP contribution is 2.22. The molecular weight excluding hydrogens is 242 g/mol. The van der Waals surface area contributed by atoms with E-state index >= 15 is 0 Å². The van der Waals surface area contributed by atoms with Gasteiger partial charge in [0.2, 0.25) is 5.91 Å². The third-order valence-electron chi connectivity index (χ3n) is 3.97. The molecule has 0 aromatic carbocycles. The maximum Gasteiger partial charge on any atom is 0.315 e. The molecule has 0 aliphatic heterocycles. The van der Waals surface area contributed by atoms with Crippen LogP contribution in [0.1, 0.15) is 51.9 Å². The van der Waals surface area contributed by atoms with Crippen molar-refractivity contribution in [3.63, 3.8) is 0 Å². The number of amides is 3. The Morgan fingerprint density at radius 3 is 2.37 bits per heavy atom. The van der Waals surface area contributed by atoms with E-state index in [1.54, 1.807) is 6.92 Å². The molecule has 0 radical (unpaired) electrons. The van der Waals surface area contributed by atoms with E-state index in [0.29, 0.717) is 25.2 Å². The number of hydrogen-bond donors (Lipinski definition) is 2. The summed E-state index contributed by atoms with van der Waals surface area (Å²) in [6.45, 7) is 2.78. The fraction of sp³-hybridized carbons (Fsp3) is 0.857. The predicted molar refractivity (Wildman–Crippen MR) is 73.8 cm³/mol. The van der Waals surface area contributed by atoms with Crippen molar-refractivity contribution in [1.82, 2.24) is 15.5 Å². The predicted octanol–water partition coefficient (Wildman–Crippen LogP) is 1.63. The van der Waals surface area contributed by atoms with Gasteiger partial charge >= 0.3 is 6.03 Å². The topological polar surface area (TPSA) is 61.4 Å². The maximum atomic E-state index is 11.7. The number of nitrogens with zero attached hydrogens (tertiary/aromatic N) is 1. The minimum Gasteiger partial charge on any atom is -0.338 e. The first-order valence-electron chi connectivity index (χ1n) is 7.48. The van der Waals surface area contributed by atoms with Gasteiger partial charge in [0, 0.05) is 32.1 Å². The van der Waals surface area contributed by atoms with Crippen LogP contribution in [0.15, 0.2) is 0 Å². The van der Waals surface area contributed by atoms with Gasteiger partial charge in [-0.2, -0.15) is 0 Å². The van der Waals surface area contributed by atoms with Gasteiger partial charge in [-0.1, -0.05) is 19.3 Å². The Bertz CT molecular complexity index is 323. The summed E-state index contributed by atoms with van der Waals surface area (Å²) in [6, 6.07) is 0.649. The maximum absolute atomic E-state index is 11.7. The first kappa shape index (κ1) is 14.2. The van der Waals surface area contributed by atoms with Crippen LogP contribution >= 0.6 is 0 Å². The normalized spacial score (nSPS) is 19.8. The van der Waals surface area contributed by atoms with Crippen molar-refractivity contribution < 1.29 is 9.59 Å². The Balaban J connectivity index is 1.69. The molecule has 2 N–H and O–H groups in total. The Hall–Kier alpha value is -1.26. The highest BCUT2D eigenvalue weighted by atomic mass is 16.2. The summed E-state index contributed by atoms with van der Waals surface area (Å²) in [4.78, 5) is 25.1. The monoisotopic (exact) mass is 267 g/mol. The number of carbonyl (C=O) groups is 2. The van der Waals surface area contributed by atoms with Crippen molar-refractivity contribution in [1.29, 1.82) is 0 Å². The molecule has 19 heavy (non-hydrogen) atoms. The molecule has 2 aliphatic rings. The standard InChI is InChI=1S/C14H25N3O2/c1-11(18)17(13-5-3-2-4-6-13)10-9-15-14(19)16-12-7-8-12/h12-13H,2-10H2,1H3,(H2,15,16,19). The molecule has 0 saturated heterocycles. The molecule has 3 amide bonds. The van der Waals surface area contributed by atoms with Crippen LogP contribution < -0.4 is 10.6 Å². The second kappa shape index (κ2) is 6.78. The quantitative estimate of drug-likeness (QED) is 0.795. The van der Waals surface area contributed by atoms with Gasteiger partial charge in [-0.05, 0) is 25.7 Å². The van der Waals surface area contributed by atoms with E-state index < -0.39 is 0 Å². The zero-order valence-electron chi connectivity index (χ0n) is 11.8. The average molecular weight is 267 g/mol. The molecule has 2 rings (SSSR count). The van der Waals surface area contributed by atoms with Crippen molar-refractivity contribution in [3.05, 3.63) is 0 Å². The summed E-state index contributed by atoms with van der Waals surface area (Å²) in [5, 5.41) is 5.72. The lowest BCUT2D eigenvalue weighted by Gasteiger charge is -2.33. The minimum atomic E-state index is -0.102. The smallest absolute Gasteiger partial charge is 0.315 e. The molecule has 5 nitrogen and oxygen atoms in total. The lowest BCUT2D eigenvalue weighted by Crippen LogP contribution is -2.46. The van der Waals surface area contributed by atoms with Crippen LogP contribution in [0.2, 0.25) is 0 Å². The van der Waals surface area contributed by atoms with Gasteiger partial charge in [0.25, 0.3) is 0 Å². The van der Waals surface area contributed by atoms with E-state index in [2.05, 4.69) is 10.6 Å². The van der Waals surface area contributed by atoms with Gasteiger partial charge in [0.05, 0.1) is 0 Å². The minimum absolute atomic E-state index is 0.102. The summed E-state index contributed by atoms with van der Waals surface area (Å²) in [6.07, 6.45) is 8.10. The van der Waals surface area contributed by atoms with Crippen molar-refractivity contribution >= 4 is 11.9 Å². The molecule has 0 bridgehead atoms. The lowest BCUT2D eigenvalue weighted by molar-refractivity contribution is -0.131. The average Bonchev–Trinajstić information content (AvgIpc) is 3.19. The van der Waals surface area contributed by atoms with E-state index in [-0.39, 0.29) is 11.9 Å². The lowest BCUT2D eigenvalue weighted by atomic mass is 9.94. The summed E-state index contributed by atoms with van der Waals surface area (Å²) >= 11 is 0. The van der Waals surface area contributed by atoms with Gasteiger partial charge in [-0.15, -0.1) is 0 Å². The van der Waals surface area contributed by atoms with Gasteiger partial charge in [0.1, 0.15) is 0 Å². The summed E-state index contributed by atoms with van der Waals surface area (Å²) < 4.78 is 0. The molecular formula is C14H25N3O2. The summed E-state index contributed by atoms with van der Waals surface area (Å²) in [5.74, 6) is 0.122. The molecule has 0 aromatic heterocycles. The molecule has 108 valence electrons. The summed E-state index contributed by atoms with van der Waals surface area (Å²) in [7, 11) is 0. The molecule has 0 spiro atoms. The van der Waals surface area contributed by atoms with E-state index in [9.17, 15) is 9.59 Å². The highest BCUT2D eigenvalue weighted by molar-refractivity contribution is 5.75. The van der Waals surface area contributed by atoms with Crippen LogP contribution in [0.5, 0.6) is 0 Å². The molecule has 2 saturated carbocycles. The third-order valence-corrected chi connectivity index (χ3v) is 3.97. The number of nitrogens with one attached hydrogen (secondary N) is 2. The highest BCUT2D eigenvalue weighted by Gasteiger charge is 2.24. The second-order valence-electron chi connectivity index (χ2n) is 5.68. The molecule has 0 aromatic rings. The second-order valence-corrected chi connectivity index (χ2v) is 5.68. The van der Waals surface area contributed by atoms with Gasteiger partial charge in [0.15, 0.2) is 0 Å². The fourth-order valence-corrected chi connectivity index (χ4v) is 2.74. The van der Waals surface area contributed by atoms with E-state index in [4.69, 9.17) is 0 Å². The Kier molecular flexibility index (Phi) is 5.05. The Morgan fingerprint density at radius 1 is 1.11 bits per heavy atom. The largest absolute Gasteiger partial charge is 0.338 e. The number of carbonyl (C=O) groups excluding carboxylic acids is 2. The summed E-state index contributed by atoms with van der Waals surface area (Å²) in [5.41, 5.74) is 0. The van der Waals surface area contributed by atoms with E-state index in [1.807, 2.05) is 4.90 Å². The molecule has 5 heteroatoms. The van der Waals surface area contributed by atoms with Crippen LogP contribution in [0.4, 0.5) is 4.79 Å². The van der Waals surface area contributed by atoms with Crippen LogP contribution in [-0.2, 0) is 4.79 Å². The van der Waals surface area contributed by atoms with Crippen LogP contribution in [0.3, 0.4) is 0 Å². The van der Waals surface area contributed by atoms with Gasteiger partial charge < -0.3 is 15.5 Å². The first-order valence-corrected chi connectivity index (χ1v) is 7.48. The van der Waals surface area contributed by atoms with Crippen molar-refractivity contribution in [3.8, 4) is 0 Å². The first-order chi connectivity index (χ1) is 9.16. The molecule has 0 unspecified atom stereocenters. The zero-order chi connectivity index (χ0) is 13.7. The van der Waals surface area contributed by atoms with Gasteiger partial charge in [-0.25, -0.2) is 4.79 Å². The molecule has 0 heterocycles. The molecule has 0 atom stereocenters. The van der Waals surface area contributed by atoms with E-state index in [0.717, 1.165) is 25.7 Å². The fourth-order valence-electron chi connectivity index (χ4n) is 2.74. The van der Waals surface area contributed by atoms with Crippen molar-refractivity contribution in [2.75, 3.05) is 13.1 Å². The van der Waals surface area contributed by atoms with Crippen LogP contribution in [-0.4, -0.2) is 42.0 Å². The number of rotatable bonds is 5. The van der Waals surface area contributed by atoms with E-state index in [1.165, 1.54) is 19.3 Å².